The van der Waals surface area contributed by atoms with Crippen molar-refractivity contribution >= 4 is 39.3 Å². The van der Waals surface area contributed by atoms with Crippen LogP contribution in [-0.4, -0.2) is 39.5 Å². The topological polar surface area (TPSA) is 98.0 Å². The molecule has 1 amide bonds. The Balaban J connectivity index is 1.64. The minimum Gasteiger partial charge on any atom is -0.319 e. The lowest BCUT2D eigenvalue weighted by atomic mass is 10.2. The van der Waals surface area contributed by atoms with Crippen molar-refractivity contribution in [1.82, 2.24) is 19.4 Å². The van der Waals surface area contributed by atoms with E-state index in [0.29, 0.717) is 16.6 Å². The smallest absolute Gasteiger partial charge is 0.278 e. The van der Waals surface area contributed by atoms with E-state index in [1.165, 1.54) is 35.0 Å². The van der Waals surface area contributed by atoms with Gasteiger partial charge in [0.25, 0.3) is 11.5 Å². The van der Waals surface area contributed by atoms with Crippen molar-refractivity contribution in [3.63, 3.8) is 0 Å². The van der Waals surface area contributed by atoms with Gasteiger partial charge in [-0.2, -0.15) is 0 Å². The van der Waals surface area contributed by atoms with Crippen molar-refractivity contribution in [2.75, 3.05) is 18.9 Å². The van der Waals surface area contributed by atoms with Gasteiger partial charge < -0.3 is 10.6 Å². The zero-order valence-corrected chi connectivity index (χ0v) is 19.4. The molecule has 5 aromatic rings. The number of carbonyl (C=O) groups excluding carboxylic acids is 2. The van der Waals surface area contributed by atoms with Crippen molar-refractivity contribution in [3.8, 4) is 11.4 Å². The second kappa shape index (κ2) is 9.55. The molecule has 36 heavy (non-hydrogen) atoms. The lowest BCUT2D eigenvalue weighted by molar-refractivity contribution is -0.115. The summed E-state index contributed by atoms with van der Waals surface area (Å²) in [6, 6.07) is 20.6. The number of likely N-dealkylation sites (N-methyl/N-ethyl adjacent to an activating group) is 1. The van der Waals surface area contributed by atoms with E-state index < -0.39 is 17.3 Å². The third kappa shape index (κ3) is 4.16. The van der Waals surface area contributed by atoms with Gasteiger partial charge in [0.1, 0.15) is 23.9 Å². The first-order valence-corrected chi connectivity index (χ1v) is 11.3. The molecular formula is C27H22FN5O3. The van der Waals surface area contributed by atoms with Crippen molar-refractivity contribution in [2.45, 2.75) is 6.54 Å². The average molecular weight is 484 g/mol. The summed E-state index contributed by atoms with van der Waals surface area (Å²) in [5, 5.41) is 7.08. The van der Waals surface area contributed by atoms with Gasteiger partial charge in [0.15, 0.2) is 0 Å². The zero-order chi connectivity index (χ0) is 25.2. The maximum absolute atomic E-state index is 13.7. The number of nitrogens with one attached hydrogen (secondary N) is 2. The lowest BCUT2D eigenvalue weighted by Gasteiger charge is -2.15. The molecule has 0 aliphatic rings. The van der Waals surface area contributed by atoms with Crippen molar-refractivity contribution in [3.05, 3.63) is 95.2 Å². The summed E-state index contributed by atoms with van der Waals surface area (Å²) in [4.78, 5) is 43.7. The van der Waals surface area contributed by atoms with E-state index in [9.17, 15) is 18.8 Å². The molecule has 180 valence electrons. The number of carbonyl (C=O) groups is 2. The highest BCUT2D eigenvalue weighted by molar-refractivity contribution is 6.13. The van der Waals surface area contributed by atoms with Gasteiger partial charge in [-0.15, -0.1) is 0 Å². The fourth-order valence-electron chi connectivity index (χ4n) is 4.31. The van der Waals surface area contributed by atoms with E-state index >= 15 is 0 Å². The van der Waals surface area contributed by atoms with Crippen LogP contribution in [-0.2, 0) is 11.3 Å². The number of fused-ring (bicyclic) bond motifs is 3. The number of aromatic nitrogens is 3. The number of amides is 1. The third-order valence-corrected chi connectivity index (χ3v) is 5.88. The Bertz CT molecular complexity index is 1620. The summed E-state index contributed by atoms with van der Waals surface area (Å²) in [6.45, 7) is -0.351. The predicted molar refractivity (Wildman–Crippen MR) is 137 cm³/mol. The molecule has 0 bridgehead atoms. The number of hydrogen-bond donors (Lipinski definition) is 2. The summed E-state index contributed by atoms with van der Waals surface area (Å²) in [5.41, 5.74) is 1.23. The van der Waals surface area contributed by atoms with E-state index in [2.05, 4.69) is 15.6 Å². The van der Waals surface area contributed by atoms with Gasteiger partial charge in [0.2, 0.25) is 5.91 Å². The summed E-state index contributed by atoms with van der Waals surface area (Å²) < 4.78 is 16.3. The molecule has 3 aromatic carbocycles. The fraction of sp³-hybridized carbons (Fsp3) is 0.111. The van der Waals surface area contributed by atoms with Crippen molar-refractivity contribution in [1.29, 1.82) is 0 Å². The Morgan fingerprint density at radius 2 is 1.53 bits per heavy atom. The van der Waals surface area contributed by atoms with Gasteiger partial charge in [-0.05, 0) is 43.4 Å². The Morgan fingerprint density at radius 1 is 0.917 bits per heavy atom. The van der Waals surface area contributed by atoms with Crippen LogP contribution in [0.5, 0.6) is 0 Å². The van der Waals surface area contributed by atoms with Gasteiger partial charge >= 0.3 is 0 Å². The summed E-state index contributed by atoms with van der Waals surface area (Å²) in [6.07, 6.45) is 1.25. The monoisotopic (exact) mass is 483 g/mol. The van der Waals surface area contributed by atoms with Crippen molar-refractivity contribution < 1.29 is 14.0 Å². The highest BCUT2D eigenvalue weighted by atomic mass is 19.1. The van der Waals surface area contributed by atoms with Gasteiger partial charge in [0.05, 0.1) is 23.8 Å². The number of hydrogen-bond acceptors (Lipinski definition) is 5. The molecule has 8 nitrogen and oxygen atoms in total. The summed E-state index contributed by atoms with van der Waals surface area (Å²) >= 11 is 0. The standard InChI is InChI=1S/C27H22FN5O3/c1-29-15-24(34)31-21-14-30-26(17-10-12-18(28)13-11-17)32(27(21)36)16-25(35)33-22-8-4-2-6-19(22)20-7-3-5-9-23(20)33/h2-14,29H,15-16H2,1H3,(H,31,34). The second-order valence-corrected chi connectivity index (χ2v) is 8.24. The summed E-state index contributed by atoms with van der Waals surface area (Å²) in [7, 11) is 1.61. The van der Waals surface area contributed by atoms with Gasteiger partial charge in [0, 0.05) is 16.3 Å². The Morgan fingerprint density at radius 3 is 2.14 bits per heavy atom. The van der Waals surface area contributed by atoms with Crippen molar-refractivity contribution in [2.24, 2.45) is 0 Å². The Labute approximate surface area is 205 Å². The van der Waals surface area contributed by atoms with Crippen LogP contribution in [0.25, 0.3) is 33.2 Å². The molecular weight excluding hydrogens is 461 g/mol. The molecule has 2 aromatic heterocycles. The first kappa shape index (κ1) is 23.1. The SMILES string of the molecule is CNCC(=O)Nc1cnc(-c2ccc(F)cc2)n(CC(=O)n2c3ccccc3c3ccccc32)c1=O. The van der Waals surface area contributed by atoms with E-state index in [4.69, 9.17) is 0 Å². The number of anilines is 1. The number of benzene rings is 3. The molecule has 0 aliphatic heterocycles. The Kier molecular flexibility index (Phi) is 6.14. The minimum absolute atomic E-state index is 0.000566. The molecule has 9 heteroatoms. The number of para-hydroxylation sites is 2. The number of halogens is 1. The van der Waals surface area contributed by atoms with E-state index in [1.54, 1.807) is 11.6 Å². The van der Waals surface area contributed by atoms with Gasteiger partial charge in [-0.25, -0.2) is 9.37 Å². The predicted octanol–water partition coefficient (Wildman–Crippen LogP) is 3.66. The van der Waals surface area contributed by atoms with Gasteiger partial charge in [-0.3, -0.25) is 23.5 Å². The second-order valence-electron chi connectivity index (χ2n) is 8.24. The Hall–Kier alpha value is -4.63. The van der Waals surface area contributed by atoms with E-state index in [-0.39, 0.29) is 30.5 Å². The molecule has 0 saturated heterocycles. The highest BCUT2D eigenvalue weighted by Crippen LogP contribution is 2.29. The molecule has 0 fully saturated rings. The van der Waals surface area contributed by atoms with Crippen LogP contribution < -0.4 is 16.2 Å². The van der Waals surface area contributed by atoms with Crippen LogP contribution >= 0.6 is 0 Å². The van der Waals surface area contributed by atoms with Crippen LogP contribution in [0.3, 0.4) is 0 Å². The molecule has 0 atom stereocenters. The maximum atomic E-state index is 13.7. The van der Waals surface area contributed by atoms with E-state index in [0.717, 1.165) is 10.8 Å². The maximum Gasteiger partial charge on any atom is 0.278 e. The van der Waals surface area contributed by atoms with Crippen LogP contribution in [0.4, 0.5) is 10.1 Å². The molecule has 5 rings (SSSR count). The lowest BCUT2D eigenvalue weighted by Crippen LogP contribution is -2.33. The molecule has 0 unspecified atom stereocenters. The first-order valence-electron chi connectivity index (χ1n) is 11.3. The summed E-state index contributed by atoms with van der Waals surface area (Å²) in [5.74, 6) is -1.05. The van der Waals surface area contributed by atoms with E-state index in [1.807, 2.05) is 48.5 Å². The van der Waals surface area contributed by atoms with Crippen LogP contribution in [0.1, 0.15) is 4.79 Å². The molecule has 0 spiro atoms. The minimum atomic E-state index is -0.595. The normalized spacial score (nSPS) is 11.2. The molecule has 2 N–H and O–H groups in total. The fourth-order valence-corrected chi connectivity index (χ4v) is 4.31. The van der Waals surface area contributed by atoms with Gasteiger partial charge in [-0.1, -0.05) is 36.4 Å². The molecule has 0 radical (unpaired) electrons. The zero-order valence-electron chi connectivity index (χ0n) is 19.4. The molecule has 2 heterocycles. The molecule has 0 saturated carbocycles. The third-order valence-electron chi connectivity index (χ3n) is 5.88. The van der Waals surface area contributed by atoms with Crippen LogP contribution in [0.15, 0.2) is 83.8 Å². The molecule has 0 aliphatic carbocycles. The number of rotatable bonds is 6. The highest BCUT2D eigenvalue weighted by Gasteiger charge is 2.20. The largest absolute Gasteiger partial charge is 0.319 e. The van der Waals surface area contributed by atoms with Crippen LogP contribution in [0.2, 0.25) is 0 Å². The average Bonchev–Trinajstić information content (AvgIpc) is 3.22. The quantitative estimate of drug-likeness (QED) is 0.384. The first-order chi connectivity index (χ1) is 17.5. The van der Waals surface area contributed by atoms with Crippen LogP contribution in [0, 0.1) is 5.82 Å². The number of nitrogens with zero attached hydrogens (tertiary/aromatic N) is 3.